The van der Waals surface area contributed by atoms with Crippen LogP contribution in [0.5, 0.6) is 0 Å². The smallest absolute Gasteiger partial charge is 0.339 e. The van der Waals surface area contributed by atoms with Crippen LogP contribution in [0.25, 0.3) is 11.1 Å². The van der Waals surface area contributed by atoms with Crippen LogP contribution in [-0.2, 0) is 38.6 Å². The summed E-state index contributed by atoms with van der Waals surface area (Å²) in [5, 5.41) is 18.8. The standard InChI is InChI=1S/C23H24N2O12S/c1-16(26)35-15-21(17-8-10-20(11-9-17)38(2,32)33)22(18-6-4-3-5-7-18)23(27)34-13-12-19(37-25(30)31)14-36-24(28)29/h3-11,19H,12-15H2,1-2H3/b22-21+. The predicted molar refractivity (Wildman–Crippen MR) is 130 cm³/mol. The maximum absolute atomic E-state index is 13.3. The third-order valence-electron chi connectivity index (χ3n) is 4.89. The van der Waals surface area contributed by atoms with Crippen LogP contribution in [0.2, 0.25) is 0 Å². The highest BCUT2D eigenvalue weighted by Crippen LogP contribution is 2.29. The first kappa shape index (κ1) is 29.7. The van der Waals surface area contributed by atoms with Gasteiger partial charge in [-0.15, -0.1) is 20.2 Å². The van der Waals surface area contributed by atoms with E-state index in [0.717, 1.165) is 6.26 Å². The van der Waals surface area contributed by atoms with Gasteiger partial charge in [0.2, 0.25) is 0 Å². The van der Waals surface area contributed by atoms with Crippen molar-refractivity contribution in [3.63, 3.8) is 0 Å². The molecule has 204 valence electrons. The van der Waals surface area contributed by atoms with Crippen LogP contribution >= 0.6 is 0 Å². The van der Waals surface area contributed by atoms with Crippen LogP contribution in [0.1, 0.15) is 24.5 Å². The van der Waals surface area contributed by atoms with Crippen LogP contribution in [-0.4, -0.2) is 62.7 Å². The zero-order chi connectivity index (χ0) is 28.3. The summed E-state index contributed by atoms with van der Waals surface area (Å²) in [6, 6.07) is 13.8. The number of ether oxygens (including phenoxy) is 2. The van der Waals surface area contributed by atoms with Gasteiger partial charge in [0.15, 0.2) is 9.84 Å². The van der Waals surface area contributed by atoms with E-state index in [9.17, 15) is 38.2 Å². The number of sulfone groups is 1. The molecule has 0 saturated heterocycles. The highest BCUT2D eigenvalue weighted by molar-refractivity contribution is 7.90. The van der Waals surface area contributed by atoms with Crippen molar-refractivity contribution in [2.45, 2.75) is 24.3 Å². The van der Waals surface area contributed by atoms with Gasteiger partial charge in [-0.25, -0.2) is 13.2 Å². The Labute approximate surface area is 216 Å². The van der Waals surface area contributed by atoms with Crippen molar-refractivity contribution in [2.24, 2.45) is 0 Å². The number of nitrogens with zero attached hydrogens (tertiary/aromatic N) is 2. The number of carbonyl (C=O) groups excluding carboxylic acids is 2. The molecule has 0 aromatic heterocycles. The lowest BCUT2D eigenvalue weighted by molar-refractivity contribution is -0.790. The fourth-order valence-corrected chi connectivity index (χ4v) is 3.81. The van der Waals surface area contributed by atoms with Crippen molar-refractivity contribution in [1.82, 2.24) is 0 Å². The molecular weight excluding hydrogens is 528 g/mol. The molecule has 2 aromatic carbocycles. The number of hydrogen-bond acceptors (Lipinski definition) is 12. The van der Waals surface area contributed by atoms with E-state index in [1.807, 2.05) is 0 Å². The number of rotatable bonds is 14. The monoisotopic (exact) mass is 552 g/mol. The van der Waals surface area contributed by atoms with Crippen LogP contribution in [0.4, 0.5) is 0 Å². The minimum atomic E-state index is -3.50. The lowest BCUT2D eigenvalue weighted by atomic mass is 9.95. The largest absolute Gasteiger partial charge is 0.462 e. The minimum Gasteiger partial charge on any atom is -0.462 e. The molecule has 2 rings (SSSR count). The highest BCUT2D eigenvalue weighted by atomic mass is 32.2. The van der Waals surface area contributed by atoms with Crippen LogP contribution in [0.3, 0.4) is 0 Å². The lowest BCUT2D eigenvalue weighted by Gasteiger charge is -2.17. The van der Waals surface area contributed by atoms with Crippen LogP contribution < -0.4 is 0 Å². The van der Waals surface area contributed by atoms with E-state index in [-0.39, 0.29) is 29.1 Å². The first-order valence-electron chi connectivity index (χ1n) is 10.9. The van der Waals surface area contributed by atoms with Gasteiger partial charge < -0.3 is 19.1 Å². The second kappa shape index (κ2) is 13.7. The van der Waals surface area contributed by atoms with Gasteiger partial charge in [-0.1, -0.05) is 42.5 Å². The zero-order valence-electron chi connectivity index (χ0n) is 20.3. The normalized spacial score (nSPS) is 12.5. The summed E-state index contributed by atoms with van der Waals surface area (Å²) >= 11 is 0. The van der Waals surface area contributed by atoms with E-state index in [2.05, 4.69) is 9.68 Å². The molecule has 0 N–H and O–H groups in total. The van der Waals surface area contributed by atoms with E-state index in [4.69, 9.17) is 9.47 Å². The van der Waals surface area contributed by atoms with E-state index in [0.29, 0.717) is 11.1 Å². The summed E-state index contributed by atoms with van der Waals surface area (Å²) in [4.78, 5) is 54.4. The summed E-state index contributed by atoms with van der Waals surface area (Å²) < 4.78 is 34.2. The molecule has 0 aliphatic rings. The van der Waals surface area contributed by atoms with Gasteiger partial charge in [0.25, 0.3) is 10.2 Å². The molecule has 14 nitrogen and oxygen atoms in total. The van der Waals surface area contributed by atoms with E-state index >= 15 is 0 Å². The maximum Gasteiger partial charge on any atom is 0.339 e. The second-order valence-corrected chi connectivity index (χ2v) is 9.71. The Morgan fingerprint density at radius 2 is 1.55 bits per heavy atom. The van der Waals surface area contributed by atoms with E-state index < -0.39 is 51.3 Å². The molecule has 38 heavy (non-hydrogen) atoms. The van der Waals surface area contributed by atoms with Crippen molar-refractivity contribution >= 4 is 32.9 Å². The molecule has 0 heterocycles. The van der Waals surface area contributed by atoms with Crippen molar-refractivity contribution in [2.75, 3.05) is 26.1 Å². The lowest BCUT2D eigenvalue weighted by Crippen LogP contribution is -2.26. The van der Waals surface area contributed by atoms with Crippen LogP contribution in [0.15, 0.2) is 59.5 Å². The van der Waals surface area contributed by atoms with Gasteiger partial charge in [0, 0.05) is 25.2 Å². The topological polar surface area (TPSA) is 191 Å². The molecule has 2 aromatic rings. The fraction of sp³-hybridized carbons (Fsp3) is 0.304. The molecule has 1 unspecified atom stereocenters. The molecule has 0 saturated carbocycles. The summed E-state index contributed by atoms with van der Waals surface area (Å²) in [6.45, 7) is -0.399. The Morgan fingerprint density at radius 1 is 0.921 bits per heavy atom. The maximum atomic E-state index is 13.3. The Kier molecular flexibility index (Phi) is 10.7. The van der Waals surface area contributed by atoms with Gasteiger partial charge in [-0.05, 0) is 23.3 Å². The summed E-state index contributed by atoms with van der Waals surface area (Å²) in [5.74, 6) is -1.54. The first-order valence-corrected chi connectivity index (χ1v) is 12.8. The number of hydrogen-bond donors (Lipinski definition) is 0. The quantitative estimate of drug-likeness (QED) is 0.109. The predicted octanol–water partition coefficient (Wildman–Crippen LogP) is 2.28. The van der Waals surface area contributed by atoms with Gasteiger partial charge in [-0.2, -0.15) is 0 Å². The molecular formula is C23H24N2O12S. The zero-order valence-corrected chi connectivity index (χ0v) is 21.1. The van der Waals surface area contributed by atoms with Crippen molar-refractivity contribution in [3.05, 3.63) is 86.0 Å². The Hall–Kier alpha value is -4.53. The average Bonchev–Trinajstić information content (AvgIpc) is 2.84. The highest BCUT2D eigenvalue weighted by Gasteiger charge is 2.23. The van der Waals surface area contributed by atoms with Gasteiger partial charge in [0.1, 0.15) is 19.3 Å². The molecule has 15 heteroatoms. The summed E-state index contributed by atoms with van der Waals surface area (Å²) in [5.41, 5.74) is 0.920. The van der Waals surface area contributed by atoms with Gasteiger partial charge >= 0.3 is 11.9 Å². The van der Waals surface area contributed by atoms with Gasteiger partial charge in [-0.3, -0.25) is 4.79 Å². The van der Waals surface area contributed by atoms with Crippen molar-refractivity contribution in [1.29, 1.82) is 0 Å². The van der Waals surface area contributed by atoms with E-state index in [1.54, 1.807) is 30.3 Å². The Morgan fingerprint density at radius 3 is 2.08 bits per heavy atom. The molecule has 0 aliphatic carbocycles. The second-order valence-electron chi connectivity index (χ2n) is 7.69. The molecule has 0 aliphatic heterocycles. The number of carbonyl (C=O) groups is 2. The minimum absolute atomic E-state index is 0.0211. The summed E-state index contributed by atoms with van der Waals surface area (Å²) in [7, 11) is -3.50. The third kappa shape index (κ3) is 9.50. The Balaban J connectivity index is 2.44. The number of esters is 2. The first-order chi connectivity index (χ1) is 17.9. The molecule has 0 bridgehead atoms. The van der Waals surface area contributed by atoms with E-state index in [1.165, 1.54) is 31.2 Å². The van der Waals surface area contributed by atoms with Crippen molar-refractivity contribution in [3.8, 4) is 0 Å². The average molecular weight is 553 g/mol. The molecule has 1 atom stereocenters. The molecule has 0 fully saturated rings. The number of benzene rings is 2. The SMILES string of the molecule is CC(=O)OC/C(=C(\C(=O)OCCC(CO[N+](=O)[O-])O[N+](=O)[O-])c1ccccc1)c1ccc(S(C)(=O)=O)cc1. The van der Waals surface area contributed by atoms with Crippen molar-refractivity contribution < 1.29 is 47.3 Å². The molecule has 0 spiro atoms. The fourth-order valence-electron chi connectivity index (χ4n) is 3.18. The van der Waals surface area contributed by atoms with Gasteiger partial charge in [0.05, 0.1) is 17.1 Å². The molecule has 0 amide bonds. The summed E-state index contributed by atoms with van der Waals surface area (Å²) in [6.07, 6.45) is -0.668. The third-order valence-corrected chi connectivity index (χ3v) is 6.02. The Bertz CT molecular complexity index is 1290. The molecule has 0 radical (unpaired) electrons. The van der Waals surface area contributed by atoms with Crippen LogP contribution in [0, 0.1) is 20.2 Å².